The highest BCUT2D eigenvalue weighted by atomic mass is 32.2. The van der Waals surface area contributed by atoms with Crippen molar-refractivity contribution in [3.05, 3.63) is 18.2 Å². The minimum atomic E-state index is -0.0597. The van der Waals surface area contributed by atoms with Crippen molar-refractivity contribution in [2.75, 3.05) is 18.9 Å². The van der Waals surface area contributed by atoms with Crippen LogP contribution in [0.25, 0.3) is 0 Å². The van der Waals surface area contributed by atoms with Gasteiger partial charge in [0.15, 0.2) is 0 Å². The van der Waals surface area contributed by atoms with Gasteiger partial charge in [-0.2, -0.15) is 11.8 Å². The van der Waals surface area contributed by atoms with Gasteiger partial charge < -0.3 is 14.6 Å². The molecule has 0 saturated carbocycles. The summed E-state index contributed by atoms with van der Waals surface area (Å²) in [6.07, 6.45) is 5.20. The van der Waals surface area contributed by atoms with Crippen LogP contribution >= 0.6 is 11.8 Å². The quantitative estimate of drug-likeness (QED) is 0.887. The fourth-order valence-electron chi connectivity index (χ4n) is 3.06. The average Bonchev–Trinajstić information content (AvgIpc) is 2.99. The lowest BCUT2D eigenvalue weighted by Crippen LogP contribution is -2.55. The second-order valence-corrected chi connectivity index (χ2v) is 6.53. The van der Waals surface area contributed by atoms with Crippen molar-refractivity contribution >= 4 is 11.8 Å². The summed E-state index contributed by atoms with van der Waals surface area (Å²) in [5, 5.41) is 4.15. The predicted octanol–water partition coefficient (Wildman–Crippen LogP) is 1.83. The van der Waals surface area contributed by atoms with E-state index in [0.717, 1.165) is 31.8 Å². The number of rotatable bonds is 2. The third-order valence-corrected chi connectivity index (χ3v) is 5.51. The van der Waals surface area contributed by atoms with Crippen LogP contribution in [0.4, 0.5) is 0 Å². The Labute approximate surface area is 112 Å². The fourth-order valence-corrected chi connectivity index (χ4v) is 4.46. The largest absolute Gasteiger partial charge is 0.370 e. The molecule has 0 amide bonds. The summed E-state index contributed by atoms with van der Waals surface area (Å²) >= 11 is 2.01. The van der Waals surface area contributed by atoms with E-state index in [4.69, 9.17) is 4.74 Å². The summed E-state index contributed by atoms with van der Waals surface area (Å²) in [4.78, 5) is 4.58. The van der Waals surface area contributed by atoms with Gasteiger partial charge in [0.2, 0.25) is 0 Å². The van der Waals surface area contributed by atoms with Crippen LogP contribution in [0.15, 0.2) is 12.5 Å². The summed E-state index contributed by atoms with van der Waals surface area (Å²) in [7, 11) is 0. The summed E-state index contributed by atoms with van der Waals surface area (Å²) < 4.78 is 8.35. The van der Waals surface area contributed by atoms with Crippen molar-refractivity contribution in [1.29, 1.82) is 0 Å². The second-order valence-electron chi connectivity index (χ2n) is 5.08. The van der Waals surface area contributed by atoms with Crippen molar-refractivity contribution in [2.24, 2.45) is 0 Å². The number of imidazole rings is 1. The fraction of sp³-hybridized carbons (Fsp3) is 0.769. The molecule has 1 aromatic rings. The number of hydrogen-bond acceptors (Lipinski definition) is 4. The Balaban J connectivity index is 1.92. The van der Waals surface area contributed by atoms with Crippen LogP contribution < -0.4 is 5.32 Å². The molecule has 3 atom stereocenters. The summed E-state index contributed by atoms with van der Waals surface area (Å²) in [6, 6.07) is 0.240. The Bertz CT molecular complexity index is 422. The number of nitrogens with one attached hydrogen (secondary N) is 1. The molecule has 0 aromatic carbocycles. The highest BCUT2D eigenvalue weighted by molar-refractivity contribution is 8.00. The Morgan fingerprint density at radius 2 is 2.56 bits per heavy atom. The third kappa shape index (κ3) is 1.89. The summed E-state index contributed by atoms with van der Waals surface area (Å²) in [5.74, 6) is 1.19. The van der Waals surface area contributed by atoms with Gasteiger partial charge in [0.05, 0.1) is 24.7 Å². The normalized spacial score (nSPS) is 36.3. The summed E-state index contributed by atoms with van der Waals surface area (Å²) in [6.45, 7) is 7.13. The molecule has 1 aromatic heterocycles. The number of hydrogen-bond donors (Lipinski definition) is 1. The van der Waals surface area contributed by atoms with Crippen molar-refractivity contribution in [1.82, 2.24) is 14.9 Å². The van der Waals surface area contributed by atoms with Gasteiger partial charge in [-0.3, -0.25) is 0 Å². The first-order valence-corrected chi connectivity index (χ1v) is 7.82. The molecule has 1 spiro atoms. The van der Waals surface area contributed by atoms with E-state index >= 15 is 0 Å². The molecule has 2 saturated heterocycles. The van der Waals surface area contributed by atoms with Gasteiger partial charge in [-0.15, -0.1) is 0 Å². The molecule has 18 heavy (non-hydrogen) atoms. The molecule has 2 aliphatic heterocycles. The van der Waals surface area contributed by atoms with Crippen LogP contribution in [0.3, 0.4) is 0 Å². The van der Waals surface area contributed by atoms with Crippen LogP contribution in [0.2, 0.25) is 0 Å². The van der Waals surface area contributed by atoms with Gasteiger partial charge in [0.1, 0.15) is 5.60 Å². The van der Waals surface area contributed by atoms with Gasteiger partial charge in [-0.1, -0.05) is 6.92 Å². The first kappa shape index (κ1) is 12.5. The molecule has 0 bridgehead atoms. The smallest absolute Gasteiger partial charge is 0.102 e. The van der Waals surface area contributed by atoms with Crippen molar-refractivity contribution in [3.63, 3.8) is 0 Å². The lowest BCUT2D eigenvalue weighted by Gasteiger charge is -2.43. The van der Waals surface area contributed by atoms with Crippen molar-refractivity contribution in [3.8, 4) is 0 Å². The average molecular weight is 267 g/mol. The van der Waals surface area contributed by atoms with E-state index in [1.165, 1.54) is 5.75 Å². The molecule has 0 radical (unpaired) electrons. The molecule has 0 aliphatic carbocycles. The van der Waals surface area contributed by atoms with Gasteiger partial charge in [-0.25, -0.2) is 4.98 Å². The molecule has 4 nitrogen and oxygen atoms in total. The Hall–Kier alpha value is -0.520. The van der Waals surface area contributed by atoms with E-state index in [9.17, 15) is 0 Å². The number of aromatic nitrogens is 2. The maximum Gasteiger partial charge on any atom is 0.102 e. The van der Waals surface area contributed by atoms with Gasteiger partial charge >= 0.3 is 0 Å². The molecule has 2 aliphatic rings. The van der Waals surface area contributed by atoms with Gasteiger partial charge in [0, 0.05) is 24.5 Å². The molecule has 3 heterocycles. The standard InChI is InChI=1S/C13H21N3OS/c1-3-16-8-11(15-9-16)12-13(17-6-5-14-12)4-7-18-10(13)2/h8-10,12,14H,3-7H2,1-2H3. The van der Waals surface area contributed by atoms with Crippen LogP contribution in [0, 0.1) is 0 Å². The molecular weight excluding hydrogens is 246 g/mol. The minimum Gasteiger partial charge on any atom is -0.370 e. The highest BCUT2D eigenvalue weighted by Crippen LogP contribution is 2.47. The predicted molar refractivity (Wildman–Crippen MR) is 73.9 cm³/mol. The second kappa shape index (κ2) is 4.87. The zero-order valence-corrected chi connectivity index (χ0v) is 11.9. The molecular formula is C13H21N3OS. The maximum atomic E-state index is 6.22. The number of thioether (sulfide) groups is 1. The molecule has 3 rings (SSSR count). The van der Waals surface area contributed by atoms with E-state index in [1.54, 1.807) is 0 Å². The lowest BCUT2D eigenvalue weighted by molar-refractivity contribution is -0.0949. The first-order chi connectivity index (χ1) is 8.76. The molecule has 3 unspecified atom stereocenters. The van der Waals surface area contributed by atoms with Gasteiger partial charge in [-0.05, 0) is 19.1 Å². The van der Waals surface area contributed by atoms with Crippen molar-refractivity contribution < 1.29 is 4.74 Å². The number of morpholine rings is 1. The van der Waals surface area contributed by atoms with E-state index in [0.29, 0.717) is 5.25 Å². The highest BCUT2D eigenvalue weighted by Gasteiger charge is 2.51. The van der Waals surface area contributed by atoms with Crippen LogP contribution in [-0.4, -0.2) is 39.3 Å². The summed E-state index contributed by atoms with van der Waals surface area (Å²) in [5.41, 5.74) is 1.07. The molecule has 2 fully saturated rings. The third-order valence-electron chi connectivity index (χ3n) is 4.17. The number of aryl methyl sites for hydroxylation is 1. The SMILES string of the molecule is CCn1cnc(C2NCCOC23CCSC3C)c1. The monoisotopic (exact) mass is 267 g/mol. The number of nitrogens with zero attached hydrogens (tertiary/aromatic N) is 2. The van der Waals surface area contributed by atoms with E-state index in [-0.39, 0.29) is 11.6 Å². The Morgan fingerprint density at radius 1 is 1.67 bits per heavy atom. The maximum absolute atomic E-state index is 6.22. The first-order valence-electron chi connectivity index (χ1n) is 6.77. The molecule has 100 valence electrons. The van der Waals surface area contributed by atoms with Crippen LogP contribution in [-0.2, 0) is 11.3 Å². The Kier molecular flexibility index (Phi) is 3.38. The zero-order valence-electron chi connectivity index (χ0n) is 11.1. The topological polar surface area (TPSA) is 39.1 Å². The Morgan fingerprint density at radius 3 is 3.22 bits per heavy atom. The van der Waals surface area contributed by atoms with Crippen LogP contribution in [0.5, 0.6) is 0 Å². The van der Waals surface area contributed by atoms with E-state index in [1.807, 2.05) is 18.1 Å². The minimum absolute atomic E-state index is 0.0597. The molecule has 5 heteroatoms. The van der Waals surface area contributed by atoms with Crippen molar-refractivity contribution in [2.45, 2.75) is 43.7 Å². The zero-order chi connectivity index (χ0) is 12.6. The molecule has 1 N–H and O–H groups in total. The van der Waals surface area contributed by atoms with Gasteiger partial charge in [0.25, 0.3) is 0 Å². The van der Waals surface area contributed by atoms with Crippen LogP contribution in [0.1, 0.15) is 32.0 Å². The van der Waals surface area contributed by atoms with E-state index in [2.05, 4.69) is 34.9 Å². The van der Waals surface area contributed by atoms with E-state index < -0.39 is 0 Å². The number of ether oxygens (including phenoxy) is 1. The lowest BCUT2D eigenvalue weighted by atomic mass is 9.85.